The van der Waals surface area contributed by atoms with Gasteiger partial charge in [-0.3, -0.25) is 0 Å². The van der Waals surface area contributed by atoms with E-state index in [9.17, 15) is 9.90 Å². The molecule has 0 radical (unpaired) electrons. The molecule has 0 aliphatic rings. The fourth-order valence-electron chi connectivity index (χ4n) is 3.09. The highest BCUT2D eigenvalue weighted by atomic mass is 35.5. The molecule has 5 nitrogen and oxygen atoms in total. The molecule has 7 heteroatoms. The van der Waals surface area contributed by atoms with Crippen LogP contribution in [0, 0.1) is 0 Å². The van der Waals surface area contributed by atoms with Crippen LogP contribution in [0.5, 0.6) is 11.5 Å². The van der Waals surface area contributed by atoms with Crippen molar-refractivity contribution in [2.45, 2.75) is 26.6 Å². The van der Waals surface area contributed by atoms with E-state index in [1.807, 2.05) is 43.3 Å². The first-order valence-corrected chi connectivity index (χ1v) is 10.7. The molecule has 0 saturated heterocycles. The summed E-state index contributed by atoms with van der Waals surface area (Å²) in [5.41, 5.74) is 3.04. The number of carboxylic acid groups (broad SMARTS) is 1. The predicted molar refractivity (Wildman–Crippen MR) is 119 cm³/mol. The van der Waals surface area contributed by atoms with Crippen molar-refractivity contribution in [3.05, 3.63) is 93.0 Å². The van der Waals surface area contributed by atoms with Gasteiger partial charge in [0.05, 0.1) is 17.6 Å². The van der Waals surface area contributed by atoms with Gasteiger partial charge in [-0.25, -0.2) is 0 Å². The summed E-state index contributed by atoms with van der Waals surface area (Å²) in [6, 6.07) is 17.9. The Morgan fingerprint density at radius 3 is 2.32 bits per heavy atom. The summed E-state index contributed by atoms with van der Waals surface area (Å²) in [7, 11) is 0. The molecule has 0 bridgehead atoms. The zero-order chi connectivity index (χ0) is 22.2. The van der Waals surface area contributed by atoms with Crippen LogP contribution in [0.2, 0.25) is 10.0 Å². The van der Waals surface area contributed by atoms with Gasteiger partial charge in [-0.05, 0) is 30.7 Å². The van der Waals surface area contributed by atoms with Crippen molar-refractivity contribution in [3.8, 4) is 11.5 Å². The van der Waals surface area contributed by atoms with Crippen LogP contribution in [0.4, 0.5) is 0 Å². The highest BCUT2D eigenvalue weighted by molar-refractivity contribution is 6.32. The second-order valence-electron chi connectivity index (χ2n) is 6.90. The smallest absolute Gasteiger partial charge is 0.180 e. The maximum atomic E-state index is 10.8. The number of quaternary nitrogens is 1. The van der Waals surface area contributed by atoms with Gasteiger partial charge < -0.3 is 24.7 Å². The Morgan fingerprint density at radius 1 is 0.935 bits per heavy atom. The summed E-state index contributed by atoms with van der Waals surface area (Å²) < 4.78 is 11.7. The van der Waals surface area contributed by atoms with Gasteiger partial charge in [0.2, 0.25) is 0 Å². The maximum Gasteiger partial charge on any atom is 0.180 e. The molecule has 162 valence electrons. The maximum absolute atomic E-state index is 10.8. The number of carbonyl (C=O) groups excluding carboxylic acids is 1. The molecular formula is C24H23Cl2NO4. The monoisotopic (exact) mass is 459 g/mol. The fraction of sp³-hybridized carbons (Fsp3) is 0.208. The molecule has 3 aromatic carbocycles. The molecule has 3 aromatic rings. The van der Waals surface area contributed by atoms with E-state index in [0.29, 0.717) is 41.2 Å². The Balaban J connectivity index is 1.66. The molecule has 0 amide bonds. The van der Waals surface area contributed by atoms with Crippen LogP contribution in [-0.4, -0.2) is 12.6 Å². The van der Waals surface area contributed by atoms with E-state index in [1.165, 1.54) is 0 Å². The van der Waals surface area contributed by atoms with Crippen molar-refractivity contribution in [1.29, 1.82) is 0 Å². The zero-order valence-electron chi connectivity index (χ0n) is 17.1. The van der Waals surface area contributed by atoms with Crippen molar-refractivity contribution in [2.24, 2.45) is 0 Å². The third kappa shape index (κ3) is 6.37. The molecule has 2 N–H and O–H groups in total. The molecule has 0 spiro atoms. The lowest BCUT2D eigenvalue weighted by atomic mass is 10.1. The molecule has 0 aromatic heterocycles. The Bertz CT molecular complexity index is 1040. The van der Waals surface area contributed by atoms with Crippen molar-refractivity contribution in [3.63, 3.8) is 0 Å². The average molecular weight is 460 g/mol. The molecule has 0 saturated carbocycles. The highest BCUT2D eigenvalue weighted by Crippen LogP contribution is 2.37. The molecule has 0 atom stereocenters. The Labute approximate surface area is 191 Å². The van der Waals surface area contributed by atoms with Crippen LogP contribution in [0.15, 0.2) is 60.7 Å². The summed E-state index contributed by atoms with van der Waals surface area (Å²) in [4.78, 5) is 10.8. The van der Waals surface area contributed by atoms with Gasteiger partial charge in [0.1, 0.15) is 19.7 Å². The van der Waals surface area contributed by atoms with Crippen molar-refractivity contribution in [2.75, 3.05) is 6.61 Å². The quantitative estimate of drug-likeness (QED) is 0.502. The van der Waals surface area contributed by atoms with Gasteiger partial charge >= 0.3 is 0 Å². The average Bonchev–Trinajstić information content (AvgIpc) is 2.75. The molecule has 3 rings (SSSR count). The standard InChI is InChI=1S/C24H23Cl2NO4/c1-2-30-22-12-17(14-27-13-16-7-9-18(10-8-16)24(28)29)11-21(26)23(22)31-15-19-5-3-4-6-20(19)25/h3-12,27H,2,13-15H2,1H3,(H,28,29). The number of benzene rings is 3. The SMILES string of the molecule is CCOc1cc(C[NH2+]Cc2ccc(C(=O)[O-])cc2)cc(Cl)c1OCc1ccccc1Cl. The third-order valence-corrected chi connectivity index (χ3v) is 5.30. The number of halogens is 2. The zero-order valence-corrected chi connectivity index (χ0v) is 18.6. The van der Waals surface area contributed by atoms with Gasteiger partial charge in [0.25, 0.3) is 0 Å². The van der Waals surface area contributed by atoms with E-state index in [1.54, 1.807) is 24.3 Å². The van der Waals surface area contributed by atoms with Crippen LogP contribution in [-0.2, 0) is 19.7 Å². The van der Waals surface area contributed by atoms with Crippen LogP contribution in [0.3, 0.4) is 0 Å². The predicted octanol–water partition coefficient (Wildman–Crippen LogP) is 3.60. The van der Waals surface area contributed by atoms with Crippen molar-refractivity contribution >= 4 is 29.2 Å². The molecule has 0 unspecified atom stereocenters. The minimum atomic E-state index is -1.18. The molecule has 31 heavy (non-hydrogen) atoms. The normalized spacial score (nSPS) is 10.7. The second kappa shape index (κ2) is 11.0. The summed E-state index contributed by atoms with van der Waals surface area (Å²) in [5.74, 6) is -0.0979. The number of hydrogen-bond donors (Lipinski definition) is 1. The number of rotatable bonds is 10. The van der Waals surface area contributed by atoms with Gasteiger partial charge in [-0.15, -0.1) is 0 Å². The van der Waals surface area contributed by atoms with E-state index >= 15 is 0 Å². The number of ether oxygens (including phenoxy) is 2. The number of aromatic carboxylic acids is 1. The van der Waals surface area contributed by atoms with Crippen LogP contribution >= 0.6 is 23.2 Å². The summed E-state index contributed by atoms with van der Waals surface area (Å²) in [6.45, 7) is 4.04. The molecule has 0 aliphatic carbocycles. The largest absolute Gasteiger partial charge is 0.545 e. The van der Waals surface area contributed by atoms with Gasteiger partial charge in [0, 0.05) is 21.7 Å². The highest BCUT2D eigenvalue weighted by Gasteiger charge is 2.14. The second-order valence-corrected chi connectivity index (χ2v) is 7.71. The minimum absolute atomic E-state index is 0.171. The lowest BCUT2D eigenvalue weighted by molar-refractivity contribution is -0.686. The molecule has 0 fully saturated rings. The van der Waals surface area contributed by atoms with Gasteiger partial charge in [0.15, 0.2) is 11.5 Å². The fourth-order valence-corrected chi connectivity index (χ4v) is 3.57. The van der Waals surface area contributed by atoms with Crippen LogP contribution in [0.25, 0.3) is 0 Å². The lowest BCUT2D eigenvalue weighted by Gasteiger charge is -2.15. The first kappa shape index (κ1) is 22.9. The number of carboxylic acids is 1. The number of nitrogens with two attached hydrogens (primary N) is 1. The first-order chi connectivity index (χ1) is 15.0. The van der Waals surface area contributed by atoms with E-state index < -0.39 is 5.97 Å². The Morgan fingerprint density at radius 2 is 1.65 bits per heavy atom. The summed E-state index contributed by atoms with van der Waals surface area (Å²) >= 11 is 12.7. The van der Waals surface area contributed by atoms with Crippen LogP contribution < -0.4 is 19.9 Å². The van der Waals surface area contributed by atoms with E-state index in [4.69, 9.17) is 32.7 Å². The number of hydrogen-bond acceptors (Lipinski definition) is 4. The Kier molecular flexibility index (Phi) is 8.18. The molecule has 0 heterocycles. The van der Waals surface area contributed by atoms with Crippen molar-refractivity contribution < 1.29 is 24.7 Å². The van der Waals surface area contributed by atoms with Crippen molar-refractivity contribution in [1.82, 2.24) is 0 Å². The molecular weight excluding hydrogens is 437 g/mol. The third-order valence-electron chi connectivity index (χ3n) is 4.65. The van der Waals surface area contributed by atoms with E-state index in [-0.39, 0.29) is 12.2 Å². The van der Waals surface area contributed by atoms with Gasteiger partial charge in [-0.1, -0.05) is 65.7 Å². The van der Waals surface area contributed by atoms with Gasteiger partial charge in [-0.2, -0.15) is 0 Å². The first-order valence-electron chi connectivity index (χ1n) is 9.91. The molecule has 0 aliphatic heterocycles. The minimum Gasteiger partial charge on any atom is -0.545 e. The topological polar surface area (TPSA) is 75.2 Å². The lowest BCUT2D eigenvalue weighted by Crippen LogP contribution is -2.80. The van der Waals surface area contributed by atoms with E-state index in [2.05, 4.69) is 5.32 Å². The van der Waals surface area contributed by atoms with E-state index in [0.717, 1.165) is 16.7 Å². The number of carbonyl (C=O) groups is 1. The summed E-state index contributed by atoms with van der Waals surface area (Å²) in [6.07, 6.45) is 0. The Hall–Kier alpha value is -2.73. The summed E-state index contributed by atoms with van der Waals surface area (Å²) in [5, 5.41) is 14.0. The van der Waals surface area contributed by atoms with Crippen LogP contribution in [0.1, 0.15) is 34.0 Å².